The van der Waals surface area contributed by atoms with Gasteiger partial charge in [-0.3, -0.25) is 14.5 Å². The average Bonchev–Trinajstić information content (AvgIpc) is 2.61. The maximum absolute atomic E-state index is 11.7. The lowest BCUT2D eigenvalue weighted by molar-refractivity contribution is -0.168. The van der Waals surface area contributed by atoms with Gasteiger partial charge in [0, 0.05) is 13.0 Å². The fourth-order valence-corrected chi connectivity index (χ4v) is 1.99. The summed E-state index contributed by atoms with van der Waals surface area (Å²) in [5.41, 5.74) is 5.34. The number of likely N-dealkylation sites (tertiary alicyclic amines) is 1. The molecule has 2 amide bonds. The van der Waals surface area contributed by atoms with E-state index in [0.717, 1.165) is 0 Å². The summed E-state index contributed by atoms with van der Waals surface area (Å²) in [6.45, 7) is 0.281. The number of thiocarbonyl (C=S) groups is 1. The van der Waals surface area contributed by atoms with E-state index in [0.29, 0.717) is 24.3 Å². The van der Waals surface area contributed by atoms with Gasteiger partial charge in [0.25, 0.3) is 11.8 Å². The van der Waals surface area contributed by atoms with Crippen LogP contribution in [0.1, 0.15) is 19.3 Å². The van der Waals surface area contributed by atoms with Crippen LogP contribution in [0.15, 0.2) is 0 Å². The first-order valence-corrected chi connectivity index (χ1v) is 5.29. The molecule has 0 saturated carbocycles. The van der Waals surface area contributed by atoms with E-state index in [1.165, 1.54) is 4.90 Å². The van der Waals surface area contributed by atoms with Crippen molar-refractivity contribution in [2.24, 2.45) is 5.73 Å². The molecule has 2 aliphatic rings. The van der Waals surface area contributed by atoms with Gasteiger partial charge in [-0.2, -0.15) is 0 Å². The van der Waals surface area contributed by atoms with Crippen molar-refractivity contribution < 1.29 is 14.3 Å². The summed E-state index contributed by atoms with van der Waals surface area (Å²) < 4.78 is 5.25. The molecule has 0 aromatic heterocycles. The molecule has 2 fully saturated rings. The third-order valence-electron chi connectivity index (χ3n) is 2.68. The van der Waals surface area contributed by atoms with Crippen LogP contribution >= 0.6 is 12.2 Å². The Bertz CT molecular complexity index is 309. The van der Waals surface area contributed by atoms with E-state index in [2.05, 4.69) is 0 Å². The van der Waals surface area contributed by atoms with Crippen LogP contribution in [-0.4, -0.2) is 40.5 Å². The van der Waals surface area contributed by atoms with Gasteiger partial charge in [0.05, 0.1) is 4.99 Å². The Kier molecular flexibility index (Phi) is 2.70. The van der Waals surface area contributed by atoms with Crippen LogP contribution in [-0.2, 0) is 14.3 Å². The highest BCUT2D eigenvalue weighted by Crippen LogP contribution is 2.28. The van der Waals surface area contributed by atoms with Gasteiger partial charge in [-0.15, -0.1) is 0 Å². The molecule has 0 aromatic rings. The number of carbonyl (C=O) groups excluding carboxylic acids is 2. The molecule has 2 N–H and O–H groups in total. The number of carbonyl (C=O) groups is 2. The highest BCUT2D eigenvalue weighted by atomic mass is 32.1. The number of imide groups is 1. The Hall–Kier alpha value is -1.01. The van der Waals surface area contributed by atoms with E-state index in [4.69, 9.17) is 22.7 Å². The number of ether oxygens (including phenoxy) is 1. The Morgan fingerprint density at radius 2 is 1.93 bits per heavy atom. The van der Waals surface area contributed by atoms with Crippen LogP contribution in [0, 0.1) is 0 Å². The second kappa shape index (κ2) is 3.86. The molecule has 2 aliphatic heterocycles. The third kappa shape index (κ3) is 1.87. The topological polar surface area (TPSA) is 72.6 Å². The van der Waals surface area contributed by atoms with E-state index in [9.17, 15) is 9.59 Å². The molecule has 2 heterocycles. The van der Waals surface area contributed by atoms with Gasteiger partial charge in [-0.05, 0) is 12.8 Å². The van der Waals surface area contributed by atoms with Crippen LogP contribution < -0.4 is 5.73 Å². The minimum atomic E-state index is -0.431. The number of nitrogens with zero attached hydrogens (tertiary/aromatic N) is 1. The van der Waals surface area contributed by atoms with Gasteiger partial charge >= 0.3 is 0 Å². The van der Waals surface area contributed by atoms with E-state index in [1.807, 2.05) is 0 Å². The molecule has 82 valence electrons. The molecular formula is C9H12N2O3S. The summed E-state index contributed by atoms with van der Waals surface area (Å²) >= 11 is 4.71. The third-order valence-corrected chi connectivity index (χ3v) is 2.89. The average molecular weight is 228 g/mol. The van der Waals surface area contributed by atoms with E-state index < -0.39 is 12.2 Å². The second-order valence-corrected chi connectivity index (χ2v) is 4.26. The highest BCUT2D eigenvalue weighted by molar-refractivity contribution is 7.80. The van der Waals surface area contributed by atoms with Gasteiger partial charge in [0.2, 0.25) is 0 Å². The predicted molar refractivity (Wildman–Crippen MR) is 56.0 cm³/mol. The van der Waals surface area contributed by atoms with Crippen LogP contribution in [0.25, 0.3) is 0 Å². The lowest BCUT2D eigenvalue weighted by Gasteiger charge is -2.29. The van der Waals surface area contributed by atoms with Crippen molar-refractivity contribution in [2.45, 2.75) is 31.5 Å². The quantitative estimate of drug-likeness (QED) is 0.524. The highest BCUT2D eigenvalue weighted by Gasteiger charge is 2.46. The number of amides is 2. The van der Waals surface area contributed by atoms with E-state index in [1.54, 1.807) is 0 Å². The number of hydrogen-bond donors (Lipinski definition) is 1. The maximum atomic E-state index is 11.7. The predicted octanol–water partition coefficient (Wildman–Crippen LogP) is -0.421. The second-order valence-electron chi connectivity index (χ2n) is 3.74. The number of rotatable bonds is 3. The molecule has 2 bridgehead atoms. The summed E-state index contributed by atoms with van der Waals surface area (Å²) in [5, 5.41) is 0. The van der Waals surface area contributed by atoms with Crippen LogP contribution in [0.2, 0.25) is 0 Å². The SMILES string of the molecule is NC(=S)CCN1C(=O)C2CCC(O2)C1=O. The van der Waals surface area contributed by atoms with Gasteiger partial charge in [-0.1, -0.05) is 12.2 Å². The Balaban J connectivity index is 2.06. The zero-order chi connectivity index (χ0) is 11.0. The maximum Gasteiger partial charge on any atom is 0.258 e. The monoisotopic (exact) mass is 228 g/mol. The lowest BCUT2D eigenvalue weighted by atomic mass is 10.2. The Morgan fingerprint density at radius 3 is 2.40 bits per heavy atom. The molecule has 2 rings (SSSR count). The van der Waals surface area contributed by atoms with Crippen LogP contribution in [0.3, 0.4) is 0 Å². The van der Waals surface area contributed by atoms with Gasteiger partial charge < -0.3 is 10.5 Å². The first-order chi connectivity index (χ1) is 7.09. The van der Waals surface area contributed by atoms with Crippen LogP contribution in [0.5, 0.6) is 0 Å². The zero-order valence-corrected chi connectivity index (χ0v) is 8.96. The molecule has 0 aromatic carbocycles. The number of nitrogens with two attached hydrogens (primary N) is 1. The van der Waals surface area contributed by atoms with E-state index >= 15 is 0 Å². The Morgan fingerprint density at radius 1 is 1.40 bits per heavy atom. The molecule has 15 heavy (non-hydrogen) atoms. The molecule has 6 heteroatoms. The molecule has 2 atom stereocenters. The Labute approximate surface area is 92.5 Å². The first kappa shape index (κ1) is 10.5. The number of morpholine rings is 1. The molecule has 5 nitrogen and oxygen atoms in total. The van der Waals surface area contributed by atoms with Crippen molar-refractivity contribution in [1.29, 1.82) is 0 Å². The van der Waals surface area contributed by atoms with Crippen molar-refractivity contribution in [1.82, 2.24) is 4.90 Å². The van der Waals surface area contributed by atoms with Crippen molar-refractivity contribution in [2.75, 3.05) is 6.54 Å². The summed E-state index contributed by atoms with van der Waals surface area (Å²) in [5.74, 6) is -0.491. The minimum absolute atomic E-state index is 0.245. The fraction of sp³-hybridized carbons (Fsp3) is 0.667. The van der Waals surface area contributed by atoms with Crippen molar-refractivity contribution in [3.05, 3.63) is 0 Å². The largest absolute Gasteiger partial charge is 0.393 e. The lowest BCUT2D eigenvalue weighted by Crippen LogP contribution is -2.52. The molecule has 0 spiro atoms. The summed E-state index contributed by atoms with van der Waals surface area (Å²) in [6, 6.07) is 0. The molecule has 0 radical (unpaired) electrons. The summed E-state index contributed by atoms with van der Waals surface area (Å²) in [6.07, 6.45) is 0.794. The van der Waals surface area contributed by atoms with Crippen molar-refractivity contribution in [3.8, 4) is 0 Å². The van der Waals surface area contributed by atoms with Crippen LogP contribution in [0.4, 0.5) is 0 Å². The van der Waals surface area contributed by atoms with Gasteiger partial charge in [0.1, 0.15) is 12.2 Å². The van der Waals surface area contributed by atoms with Crippen molar-refractivity contribution >= 4 is 29.0 Å². The van der Waals surface area contributed by atoms with Crippen molar-refractivity contribution in [3.63, 3.8) is 0 Å². The number of hydrogen-bond acceptors (Lipinski definition) is 4. The van der Waals surface area contributed by atoms with Gasteiger partial charge in [0.15, 0.2) is 0 Å². The van der Waals surface area contributed by atoms with E-state index in [-0.39, 0.29) is 18.4 Å². The summed E-state index contributed by atoms with van der Waals surface area (Å²) in [7, 11) is 0. The molecular weight excluding hydrogens is 216 g/mol. The number of fused-ring (bicyclic) bond motifs is 2. The molecule has 2 unspecified atom stereocenters. The molecule has 2 saturated heterocycles. The standard InChI is InChI=1S/C9H12N2O3S/c10-7(15)3-4-11-8(12)5-1-2-6(14-5)9(11)13/h5-6H,1-4H2,(H2,10,15). The minimum Gasteiger partial charge on any atom is -0.393 e. The normalized spacial score (nSPS) is 29.7. The molecule has 0 aliphatic carbocycles. The zero-order valence-electron chi connectivity index (χ0n) is 8.14. The summed E-state index contributed by atoms with van der Waals surface area (Å²) in [4.78, 5) is 24.9. The first-order valence-electron chi connectivity index (χ1n) is 4.88. The smallest absolute Gasteiger partial charge is 0.258 e. The van der Waals surface area contributed by atoms with Gasteiger partial charge in [-0.25, -0.2) is 0 Å². The fourth-order valence-electron chi connectivity index (χ4n) is 1.90.